The highest BCUT2D eigenvalue weighted by atomic mass is 32.1. The molecule has 0 radical (unpaired) electrons. The van der Waals surface area contributed by atoms with Gasteiger partial charge in [0.25, 0.3) is 12.0 Å². The molecule has 0 unspecified atom stereocenters. The lowest BCUT2D eigenvalue weighted by Crippen LogP contribution is -2.40. The quantitative estimate of drug-likeness (QED) is 0.787. The molecule has 136 valence electrons. The van der Waals surface area contributed by atoms with Crippen molar-refractivity contribution in [2.45, 2.75) is 39.9 Å². The number of fused-ring (bicyclic) bond motifs is 1. The average Bonchev–Trinajstić information content (AvgIpc) is 3.09. The highest BCUT2D eigenvalue weighted by Crippen LogP contribution is 2.29. The fraction of sp³-hybridized carbons (Fsp3) is 0.533. The maximum Gasteiger partial charge on any atom is 0.332 e. The topological polar surface area (TPSA) is 59.3 Å². The molecule has 0 aliphatic carbocycles. The molecule has 10 heteroatoms. The van der Waals surface area contributed by atoms with E-state index in [1.54, 1.807) is 13.8 Å². The Labute approximate surface area is 151 Å². The van der Waals surface area contributed by atoms with Gasteiger partial charge in [-0.1, -0.05) is 0 Å². The summed E-state index contributed by atoms with van der Waals surface area (Å²) in [5.74, 6) is 0. The molecule has 0 atom stereocenters. The van der Waals surface area contributed by atoms with Crippen LogP contribution in [0.3, 0.4) is 0 Å². The van der Waals surface area contributed by atoms with E-state index in [9.17, 15) is 18.4 Å². The maximum atomic E-state index is 13.0. The smallest absolute Gasteiger partial charge is 0.332 e. The zero-order valence-electron chi connectivity index (χ0n) is 13.8. The third-order valence-electron chi connectivity index (χ3n) is 4.31. The Morgan fingerprint density at radius 1 is 1.32 bits per heavy atom. The van der Waals surface area contributed by atoms with E-state index < -0.39 is 24.2 Å². The van der Waals surface area contributed by atoms with Crippen molar-refractivity contribution in [2.75, 3.05) is 13.1 Å². The monoisotopic (exact) mass is 388 g/mol. The summed E-state index contributed by atoms with van der Waals surface area (Å²) in [6.45, 7) is 4.85. The normalized spacial score (nSPS) is 14.8. The Balaban J connectivity index is 2.21. The standard InChI is InChI=1S/C15H18F2N4O2S2/c1-3-20-12(22)11-8(2)9(6-19-5-4-18-14(19)24)25-13(11)21(15(20)23)7-10(16)17/h10H,3-7H2,1-2H3,(H,18,24). The molecule has 2 aromatic rings. The van der Waals surface area contributed by atoms with Crippen LogP contribution in [0.1, 0.15) is 17.4 Å². The van der Waals surface area contributed by atoms with E-state index in [-0.39, 0.29) is 6.54 Å². The Kier molecular flexibility index (Phi) is 4.92. The molecule has 6 nitrogen and oxygen atoms in total. The van der Waals surface area contributed by atoms with Gasteiger partial charge in [-0.05, 0) is 31.6 Å². The van der Waals surface area contributed by atoms with E-state index in [0.29, 0.717) is 21.9 Å². The Morgan fingerprint density at radius 3 is 2.60 bits per heavy atom. The first kappa shape index (κ1) is 18.0. The van der Waals surface area contributed by atoms with Crippen LogP contribution in [0.15, 0.2) is 9.59 Å². The molecule has 1 aliphatic heterocycles. The number of aryl methyl sites for hydroxylation is 1. The van der Waals surface area contributed by atoms with Crippen molar-refractivity contribution >= 4 is 38.9 Å². The van der Waals surface area contributed by atoms with Gasteiger partial charge in [0.1, 0.15) is 4.83 Å². The van der Waals surface area contributed by atoms with Gasteiger partial charge in [0.15, 0.2) is 5.11 Å². The maximum absolute atomic E-state index is 13.0. The molecular weight excluding hydrogens is 370 g/mol. The highest BCUT2D eigenvalue weighted by Gasteiger charge is 2.23. The summed E-state index contributed by atoms with van der Waals surface area (Å²) in [6.07, 6.45) is -2.68. The van der Waals surface area contributed by atoms with Gasteiger partial charge in [-0.3, -0.25) is 13.9 Å². The van der Waals surface area contributed by atoms with Gasteiger partial charge in [-0.15, -0.1) is 11.3 Å². The van der Waals surface area contributed by atoms with Crippen molar-refractivity contribution in [2.24, 2.45) is 0 Å². The molecule has 1 fully saturated rings. The zero-order chi connectivity index (χ0) is 18.3. The highest BCUT2D eigenvalue weighted by molar-refractivity contribution is 7.80. The molecule has 0 saturated carbocycles. The summed E-state index contributed by atoms with van der Waals surface area (Å²) in [7, 11) is 0. The minimum absolute atomic E-state index is 0.140. The van der Waals surface area contributed by atoms with Gasteiger partial charge in [0.05, 0.1) is 18.5 Å². The molecule has 1 N–H and O–H groups in total. The molecule has 3 heterocycles. The van der Waals surface area contributed by atoms with Crippen LogP contribution in [-0.4, -0.2) is 38.7 Å². The van der Waals surface area contributed by atoms with Crippen molar-refractivity contribution in [1.29, 1.82) is 0 Å². The Hall–Kier alpha value is -1.81. The first-order chi connectivity index (χ1) is 11.8. The third kappa shape index (κ3) is 3.08. The first-order valence-electron chi connectivity index (χ1n) is 7.91. The largest absolute Gasteiger partial charge is 0.361 e. The summed E-state index contributed by atoms with van der Waals surface area (Å²) in [6, 6.07) is 0. The number of thiocarbonyl (C=S) groups is 1. The number of thiophene rings is 1. The molecular formula is C15H18F2N4O2S2. The summed E-state index contributed by atoms with van der Waals surface area (Å²) >= 11 is 6.45. The van der Waals surface area contributed by atoms with Crippen LogP contribution in [0.25, 0.3) is 10.2 Å². The molecule has 3 rings (SSSR count). The van der Waals surface area contributed by atoms with Gasteiger partial charge < -0.3 is 10.2 Å². The molecule has 0 bridgehead atoms. The van der Waals surface area contributed by atoms with Crippen LogP contribution >= 0.6 is 23.6 Å². The third-order valence-corrected chi connectivity index (χ3v) is 6.01. The lowest BCUT2D eigenvalue weighted by Gasteiger charge is -2.15. The van der Waals surface area contributed by atoms with Crippen molar-refractivity contribution in [3.63, 3.8) is 0 Å². The second-order valence-corrected chi connectivity index (χ2v) is 7.29. The predicted molar refractivity (Wildman–Crippen MR) is 97.8 cm³/mol. The number of hydrogen-bond donors (Lipinski definition) is 1. The van der Waals surface area contributed by atoms with Crippen molar-refractivity contribution in [3.8, 4) is 0 Å². The van der Waals surface area contributed by atoms with E-state index in [2.05, 4.69) is 5.32 Å². The summed E-state index contributed by atoms with van der Waals surface area (Å²) in [5, 5.41) is 4.04. The molecule has 1 saturated heterocycles. The second kappa shape index (κ2) is 6.83. The van der Waals surface area contributed by atoms with E-state index >= 15 is 0 Å². The summed E-state index contributed by atoms with van der Waals surface area (Å²) in [4.78, 5) is 28.2. The Bertz CT molecular complexity index is 948. The fourth-order valence-corrected chi connectivity index (χ4v) is 4.58. The number of nitrogens with zero attached hydrogens (tertiary/aromatic N) is 3. The van der Waals surface area contributed by atoms with Gasteiger partial charge in [-0.2, -0.15) is 0 Å². The van der Waals surface area contributed by atoms with E-state index in [1.165, 1.54) is 11.3 Å². The average molecular weight is 388 g/mol. The lowest BCUT2D eigenvalue weighted by molar-refractivity contribution is 0.126. The van der Waals surface area contributed by atoms with Crippen LogP contribution in [-0.2, 0) is 19.6 Å². The lowest BCUT2D eigenvalue weighted by atomic mass is 10.2. The van der Waals surface area contributed by atoms with Crippen LogP contribution in [0.4, 0.5) is 8.78 Å². The predicted octanol–water partition coefficient (Wildman–Crippen LogP) is 1.51. The first-order valence-corrected chi connectivity index (χ1v) is 9.14. The van der Waals surface area contributed by atoms with Crippen LogP contribution in [0, 0.1) is 6.92 Å². The summed E-state index contributed by atoms with van der Waals surface area (Å²) < 4.78 is 28.0. The molecule has 2 aromatic heterocycles. The van der Waals surface area contributed by atoms with E-state index in [4.69, 9.17) is 12.2 Å². The Morgan fingerprint density at radius 2 is 2.04 bits per heavy atom. The van der Waals surface area contributed by atoms with E-state index in [1.807, 2.05) is 4.90 Å². The van der Waals surface area contributed by atoms with Crippen molar-refractivity contribution in [1.82, 2.24) is 19.4 Å². The van der Waals surface area contributed by atoms with E-state index in [0.717, 1.165) is 32.7 Å². The second-order valence-electron chi connectivity index (χ2n) is 5.82. The van der Waals surface area contributed by atoms with Crippen LogP contribution in [0.5, 0.6) is 0 Å². The van der Waals surface area contributed by atoms with Crippen LogP contribution < -0.4 is 16.6 Å². The van der Waals surface area contributed by atoms with Gasteiger partial charge in [-0.25, -0.2) is 13.6 Å². The number of aromatic nitrogens is 2. The van der Waals surface area contributed by atoms with Gasteiger partial charge in [0.2, 0.25) is 0 Å². The fourth-order valence-electron chi connectivity index (χ4n) is 3.00. The number of hydrogen-bond acceptors (Lipinski definition) is 4. The number of rotatable bonds is 5. The molecule has 0 amide bonds. The van der Waals surface area contributed by atoms with Gasteiger partial charge in [0, 0.05) is 24.5 Å². The van der Waals surface area contributed by atoms with Gasteiger partial charge >= 0.3 is 5.69 Å². The number of halogens is 2. The molecule has 1 aliphatic rings. The van der Waals surface area contributed by atoms with Crippen molar-refractivity contribution in [3.05, 3.63) is 31.3 Å². The van der Waals surface area contributed by atoms with Crippen LogP contribution in [0.2, 0.25) is 0 Å². The molecule has 0 spiro atoms. The minimum atomic E-state index is -2.68. The minimum Gasteiger partial charge on any atom is -0.361 e. The molecule has 0 aromatic carbocycles. The summed E-state index contributed by atoms with van der Waals surface area (Å²) in [5.41, 5.74) is -0.383. The van der Waals surface area contributed by atoms with Crippen molar-refractivity contribution < 1.29 is 8.78 Å². The molecule has 25 heavy (non-hydrogen) atoms. The number of nitrogens with one attached hydrogen (secondary N) is 1. The zero-order valence-corrected chi connectivity index (χ0v) is 15.5. The number of alkyl halides is 2. The SMILES string of the molecule is CCn1c(=O)c2c(C)c(CN3CCNC3=S)sc2n(CC(F)F)c1=O.